The van der Waals surface area contributed by atoms with E-state index in [1.807, 2.05) is 0 Å². The summed E-state index contributed by atoms with van der Waals surface area (Å²) in [6, 6.07) is 10.3. The van der Waals surface area contributed by atoms with Crippen molar-refractivity contribution in [2.75, 3.05) is 31.0 Å². The Morgan fingerprint density at radius 1 is 0.974 bits per heavy atom. The predicted molar refractivity (Wildman–Crippen MR) is 133 cm³/mol. The summed E-state index contributed by atoms with van der Waals surface area (Å²) < 4.78 is 62.1. The number of halogens is 4. The van der Waals surface area contributed by atoms with E-state index in [0.717, 1.165) is 12.1 Å². The standard InChI is InChI=1S/C25H18ClF3N4O5/c1-35-19-11-18-20(22-21(19)36-8-9-37-22)23(31-12-30-18)38-15-5-2-13(3-6-15)32-24(34)33-14-4-7-17(26)16(10-14)25(27,28)29/h2-7,10-12H,8-9H2,1H3,(H2,32,33,34). The smallest absolute Gasteiger partial charge is 0.417 e. The van der Waals surface area contributed by atoms with E-state index in [4.69, 9.17) is 30.5 Å². The number of methoxy groups -OCH3 is 1. The lowest BCUT2D eigenvalue weighted by Gasteiger charge is -2.22. The van der Waals surface area contributed by atoms with Crippen LogP contribution in [0.25, 0.3) is 10.9 Å². The number of alkyl halides is 3. The van der Waals surface area contributed by atoms with Gasteiger partial charge in [-0.15, -0.1) is 0 Å². The zero-order valence-electron chi connectivity index (χ0n) is 19.6. The molecule has 3 aromatic carbocycles. The molecule has 2 amide bonds. The summed E-state index contributed by atoms with van der Waals surface area (Å²) in [5.41, 5.74) is -0.221. The molecular weight excluding hydrogens is 529 g/mol. The van der Waals surface area contributed by atoms with Crippen molar-refractivity contribution in [3.05, 3.63) is 65.4 Å². The van der Waals surface area contributed by atoms with Gasteiger partial charge in [0.15, 0.2) is 11.5 Å². The van der Waals surface area contributed by atoms with E-state index < -0.39 is 22.8 Å². The molecule has 13 heteroatoms. The Labute approximate surface area is 218 Å². The zero-order valence-corrected chi connectivity index (χ0v) is 20.3. The van der Waals surface area contributed by atoms with Crippen molar-refractivity contribution in [3.8, 4) is 28.9 Å². The van der Waals surface area contributed by atoms with E-state index in [2.05, 4.69) is 20.6 Å². The maximum absolute atomic E-state index is 13.1. The summed E-state index contributed by atoms with van der Waals surface area (Å²) in [7, 11) is 1.52. The van der Waals surface area contributed by atoms with Crippen molar-refractivity contribution in [1.82, 2.24) is 9.97 Å². The van der Waals surface area contributed by atoms with Gasteiger partial charge in [-0.3, -0.25) is 0 Å². The van der Waals surface area contributed by atoms with Gasteiger partial charge in [-0.1, -0.05) is 11.6 Å². The Bertz CT molecular complexity index is 1520. The molecule has 1 aliphatic heterocycles. The molecule has 9 nitrogen and oxygen atoms in total. The third-order valence-corrected chi connectivity index (χ3v) is 5.75. The van der Waals surface area contributed by atoms with Gasteiger partial charge in [-0.25, -0.2) is 14.8 Å². The molecule has 2 heterocycles. The van der Waals surface area contributed by atoms with Crippen molar-refractivity contribution >= 4 is 39.9 Å². The van der Waals surface area contributed by atoms with E-state index in [1.165, 1.54) is 19.5 Å². The molecule has 0 saturated heterocycles. The van der Waals surface area contributed by atoms with Crippen LogP contribution in [-0.2, 0) is 6.18 Å². The molecule has 0 bridgehead atoms. The number of benzene rings is 3. The van der Waals surface area contributed by atoms with Crippen LogP contribution in [0.3, 0.4) is 0 Å². The van der Waals surface area contributed by atoms with E-state index in [1.54, 1.807) is 30.3 Å². The molecule has 1 aromatic heterocycles. The molecule has 2 N–H and O–H groups in total. The summed E-state index contributed by atoms with van der Waals surface area (Å²) in [5.74, 6) is 1.93. The molecule has 0 spiro atoms. The summed E-state index contributed by atoms with van der Waals surface area (Å²) in [4.78, 5) is 20.8. The average molecular weight is 547 g/mol. The number of nitrogens with zero attached hydrogens (tertiary/aromatic N) is 2. The normalized spacial score (nSPS) is 12.7. The van der Waals surface area contributed by atoms with Crippen LogP contribution in [0.5, 0.6) is 28.9 Å². The van der Waals surface area contributed by atoms with Crippen molar-refractivity contribution in [2.24, 2.45) is 0 Å². The molecule has 38 heavy (non-hydrogen) atoms. The molecule has 0 aliphatic carbocycles. The van der Waals surface area contributed by atoms with Gasteiger partial charge >= 0.3 is 12.2 Å². The maximum Gasteiger partial charge on any atom is 0.417 e. The fourth-order valence-electron chi connectivity index (χ4n) is 3.74. The number of ether oxygens (including phenoxy) is 4. The monoisotopic (exact) mass is 546 g/mol. The summed E-state index contributed by atoms with van der Waals surface area (Å²) in [6.45, 7) is 0.696. The number of carbonyl (C=O) groups is 1. The SMILES string of the molecule is COc1cc2ncnc(Oc3ccc(NC(=O)Nc4ccc(Cl)c(C(F)(F)F)c4)cc3)c2c2c1OCCO2. The number of carbonyl (C=O) groups excluding carboxylic acids is 1. The second kappa shape index (κ2) is 10.1. The third kappa shape index (κ3) is 5.16. The molecule has 0 saturated carbocycles. The van der Waals surface area contributed by atoms with Gasteiger partial charge in [0.1, 0.15) is 30.7 Å². The molecule has 5 rings (SSSR count). The van der Waals surface area contributed by atoms with Crippen molar-refractivity contribution in [3.63, 3.8) is 0 Å². The quantitative estimate of drug-likeness (QED) is 0.294. The van der Waals surface area contributed by atoms with Gasteiger partial charge in [0, 0.05) is 17.4 Å². The van der Waals surface area contributed by atoms with Crippen LogP contribution in [0.1, 0.15) is 5.56 Å². The highest BCUT2D eigenvalue weighted by molar-refractivity contribution is 6.31. The number of aromatic nitrogens is 2. The molecule has 0 radical (unpaired) electrons. The highest BCUT2D eigenvalue weighted by Crippen LogP contribution is 2.47. The van der Waals surface area contributed by atoms with Crippen LogP contribution in [0.2, 0.25) is 5.02 Å². The van der Waals surface area contributed by atoms with Gasteiger partial charge in [0.2, 0.25) is 11.6 Å². The number of amides is 2. The van der Waals surface area contributed by atoms with Gasteiger partial charge in [0.05, 0.1) is 23.2 Å². The lowest BCUT2D eigenvalue weighted by molar-refractivity contribution is -0.137. The minimum Gasteiger partial charge on any atom is -0.493 e. The van der Waals surface area contributed by atoms with Crippen LogP contribution in [-0.4, -0.2) is 36.3 Å². The highest BCUT2D eigenvalue weighted by atomic mass is 35.5. The molecule has 4 aromatic rings. The fourth-order valence-corrected chi connectivity index (χ4v) is 3.97. The lowest BCUT2D eigenvalue weighted by atomic mass is 10.1. The third-order valence-electron chi connectivity index (χ3n) is 5.42. The number of fused-ring (bicyclic) bond motifs is 3. The fraction of sp³-hybridized carbons (Fsp3) is 0.160. The first kappa shape index (κ1) is 25.2. The summed E-state index contributed by atoms with van der Waals surface area (Å²) >= 11 is 5.61. The number of hydrogen-bond donors (Lipinski definition) is 2. The van der Waals surface area contributed by atoms with Crippen LogP contribution in [0.4, 0.5) is 29.3 Å². The second-order valence-electron chi connectivity index (χ2n) is 7.90. The van der Waals surface area contributed by atoms with Crippen LogP contribution in [0, 0.1) is 0 Å². The van der Waals surface area contributed by atoms with E-state index in [9.17, 15) is 18.0 Å². The minimum absolute atomic E-state index is 0.0685. The lowest BCUT2D eigenvalue weighted by Crippen LogP contribution is -2.19. The van der Waals surface area contributed by atoms with Crippen molar-refractivity contribution in [2.45, 2.75) is 6.18 Å². The predicted octanol–water partition coefficient (Wildman–Crippen LogP) is 6.52. The molecule has 1 aliphatic rings. The van der Waals surface area contributed by atoms with E-state index in [0.29, 0.717) is 52.8 Å². The summed E-state index contributed by atoms with van der Waals surface area (Å²) in [5, 5.41) is 4.93. The van der Waals surface area contributed by atoms with Crippen LogP contribution < -0.4 is 29.6 Å². The molecule has 196 valence electrons. The first-order chi connectivity index (χ1) is 18.2. The Hall–Kier alpha value is -4.45. The average Bonchev–Trinajstić information content (AvgIpc) is 2.89. The Morgan fingerprint density at radius 2 is 1.66 bits per heavy atom. The molecular formula is C25H18ClF3N4O5. The maximum atomic E-state index is 13.1. The number of urea groups is 1. The first-order valence-electron chi connectivity index (χ1n) is 11.1. The number of anilines is 2. The van der Waals surface area contributed by atoms with Gasteiger partial charge < -0.3 is 29.6 Å². The van der Waals surface area contributed by atoms with Gasteiger partial charge in [0.25, 0.3) is 0 Å². The van der Waals surface area contributed by atoms with E-state index >= 15 is 0 Å². The Morgan fingerprint density at radius 3 is 2.37 bits per heavy atom. The number of nitrogens with one attached hydrogen (secondary N) is 2. The largest absolute Gasteiger partial charge is 0.493 e. The molecule has 0 atom stereocenters. The summed E-state index contributed by atoms with van der Waals surface area (Å²) in [6.07, 6.45) is -3.31. The second-order valence-corrected chi connectivity index (χ2v) is 8.31. The van der Waals surface area contributed by atoms with Crippen molar-refractivity contribution < 1.29 is 36.9 Å². The van der Waals surface area contributed by atoms with Crippen LogP contribution in [0.15, 0.2) is 54.9 Å². The van der Waals surface area contributed by atoms with Gasteiger partial charge in [-0.2, -0.15) is 13.2 Å². The van der Waals surface area contributed by atoms with E-state index in [-0.39, 0.29) is 11.6 Å². The highest BCUT2D eigenvalue weighted by Gasteiger charge is 2.33. The Kier molecular flexibility index (Phi) is 6.72. The Balaban J connectivity index is 1.31. The number of hydrogen-bond acceptors (Lipinski definition) is 7. The van der Waals surface area contributed by atoms with Gasteiger partial charge in [-0.05, 0) is 42.5 Å². The minimum atomic E-state index is -4.65. The number of rotatable bonds is 5. The zero-order chi connectivity index (χ0) is 26.9. The van der Waals surface area contributed by atoms with Crippen LogP contribution >= 0.6 is 11.6 Å². The topological polar surface area (TPSA) is 104 Å². The first-order valence-corrected chi connectivity index (χ1v) is 11.4. The molecule has 0 unspecified atom stereocenters. The molecule has 0 fully saturated rings. The van der Waals surface area contributed by atoms with Crippen molar-refractivity contribution in [1.29, 1.82) is 0 Å².